The quantitative estimate of drug-likeness (QED) is 0.749. The second-order valence-corrected chi connectivity index (χ2v) is 4.79. The number of fused-ring (bicyclic) bond motifs is 1. The van der Waals surface area contributed by atoms with Crippen LogP contribution in [-0.4, -0.2) is 4.98 Å². The van der Waals surface area contributed by atoms with Crippen molar-refractivity contribution in [3.8, 4) is 0 Å². The zero-order valence-corrected chi connectivity index (χ0v) is 9.26. The fourth-order valence-electron chi connectivity index (χ4n) is 1.91. The highest BCUT2D eigenvalue weighted by Crippen LogP contribution is 2.44. The number of nitrogens with one attached hydrogen (secondary N) is 1. The molecule has 0 amide bonds. The maximum atomic E-state index is 5.87. The number of hydrogen-bond acceptors (Lipinski definition) is 1. The number of halogens is 1. The van der Waals surface area contributed by atoms with Gasteiger partial charge in [0.15, 0.2) is 0 Å². The molecule has 0 bridgehead atoms. The molecule has 2 nitrogen and oxygen atoms in total. The van der Waals surface area contributed by atoms with E-state index in [1.54, 1.807) is 0 Å². The van der Waals surface area contributed by atoms with Gasteiger partial charge >= 0.3 is 0 Å². The fourth-order valence-corrected chi connectivity index (χ4v) is 2.26. The van der Waals surface area contributed by atoms with Crippen LogP contribution in [-0.2, 0) is 0 Å². The number of rotatable bonds is 1. The lowest BCUT2D eigenvalue weighted by Gasteiger charge is -2.00. The van der Waals surface area contributed by atoms with Gasteiger partial charge in [0.25, 0.3) is 0 Å². The molecule has 3 rings (SSSR count). The van der Waals surface area contributed by atoms with E-state index in [-0.39, 0.29) is 0 Å². The Morgan fingerprint density at radius 2 is 2.14 bits per heavy atom. The van der Waals surface area contributed by atoms with Gasteiger partial charge in [0.05, 0.1) is 0 Å². The lowest BCUT2D eigenvalue weighted by atomic mass is 10.1. The third-order valence-corrected chi connectivity index (χ3v) is 3.53. The Morgan fingerprint density at radius 3 is 2.86 bits per heavy atom. The van der Waals surface area contributed by atoms with Crippen molar-refractivity contribution in [1.82, 2.24) is 4.98 Å². The van der Waals surface area contributed by atoms with E-state index in [1.165, 1.54) is 29.3 Å². The van der Waals surface area contributed by atoms with Crippen molar-refractivity contribution in [3.63, 3.8) is 0 Å². The maximum absolute atomic E-state index is 5.87. The Balaban J connectivity index is 2.29. The fraction of sp³-hybridized carbons (Fsp3) is 0.273. The smallest absolute Gasteiger partial charge is 0.0469 e. The molecule has 3 heteroatoms. The van der Waals surface area contributed by atoms with Gasteiger partial charge in [-0.3, -0.25) is 0 Å². The molecule has 1 aromatic carbocycles. The van der Waals surface area contributed by atoms with Crippen molar-refractivity contribution in [3.05, 3.63) is 28.4 Å². The Hall–Kier alpha value is -0.960. The van der Waals surface area contributed by atoms with Gasteiger partial charge < -0.3 is 10.7 Å². The van der Waals surface area contributed by atoms with E-state index in [2.05, 4.69) is 39.2 Å². The molecule has 0 unspecified atom stereocenters. The van der Waals surface area contributed by atoms with Crippen LogP contribution in [0.1, 0.15) is 24.3 Å². The molecule has 0 aliphatic heterocycles. The molecule has 1 aliphatic rings. The SMILES string of the molecule is Nc1cc2c(C3CC3)c[nH]c2cc1Br. The van der Waals surface area contributed by atoms with Gasteiger partial charge in [-0.2, -0.15) is 0 Å². The number of aromatic amines is 1. The third-order valence-electron chi connectivity index (χ3n) is 2.85. The molecular weight excluding hydrogens is 240 g/mol. The minimum Gasteiger partial charge on any atom is -0.398 e. The molecule has 1 fully saturated rings. The van der Waals surface area contributed by atoms with E-state index in [0.29, 0.717) is 0 Å². The normalized spacial score (nSPS) is 16.4. The van der Waals surface area contributed by atoms with E-state index in [9.17, 15) is 0 Å². The summed E-state index contributed by atoms with van der Waals surface area (Å²) in [7, 11) is 0. The number of nitrogen functional groups attached to an aromatic ring is 1. The van der Waals surface area contributed by atoms with Crippen LogP contribution in [0, 0.1) is 0 Å². The van der Waals surface area contributed by atoms with Gasteiger partial charge in [-0.05, 0) is 52.4 Å². The Bertz CT molecular complexity index is 497. The van der Waals surface area contributed by atoms with Crippen LogP contribution >= 0.6 is 15.9 Å². The van der Waals surface area contributed by atoms with Crippen LogP contribution < -0.4 is 5.73 Å². The zero-order chi connectivity index (χ0) is 9.71. The van der Waals surface area contributed by atoms with E-state index in [4.69, 9.17) is 5.73 Å². The summed E-state index contributed by atoms with van der Waals surface area (Å²) in [6, 6.07) is 4.11. The Kier molecular flexibility index (Phi) is 1.65. The molecule has 0 radical (unpaired) electrons. The summed E-state index contributed by atoms with van der Waals surface area (Å²) in [4.78, 5) is 3.29. The van der Waals surface area contributed by atoms with Crippen molar-refractivity contribution >= 4 is 32.5 Å². The Labute approximate surface area is 90.6 Å². The topological polar surface area (TPSA) is 41.8 Å². The van der Waals surface area contributed by atoms with Gasteiger partial charge in [-0.25, -0.2) is 0 Å². The van der Waals surface area contributed by atoms with Gasteiger partial charge in [-0.15, -0.1) is 0 Å². The standard InChI is InChI=1S/C11H11BrN2/c12-9-4-11-7(3-10(9)13)8(5-14-11)6-1-2-6/h3-6,14H,1-2,13H2. The lowest BCUT2D eigenvalue weighted by Crippen LogP contribution is -1.86. The summed E-state index contributed by atoms with van der Waals surface area (Å²) in [5, 5.41) is 1.29. The number of hydrogen-bond donors (Lipinski definition) is 2. The average molecular weight is 251 g/mol. The first-order valence-corrected chi connectivity index (χ1v) is 5.61. The molecule has 0 saturated heterocycles. The minimum atomic E-state index is 0.768. The maximum Gasteiger partial charge on any atom is 0.0469 e. The highest BCUT2D eigenvalue weighted by atomic mass is 79.9. The molecule has 2 aromatic rings. The monoisotopic (exact) mass is 250 g/mol. The molecule has 1 aromatic heterocycles. The molecule has 0 atom stereocenters. The van der Waals surface area contributed by atoms with Crippen LogP contribution in [0.15, 0.2) is 22.8 Å². The van der Waals surface area contributed by atoms with Crippen LogP contribution in [0.3, 0.4) is 0 Å². The number of aromatic nitrogens is 1. The molecule has 14 heavy (non-hydrogen) atoms. The van der Waals surface area contributed by atoms with Gasteiger partial charge in [0.1, 0.15) is 0 Å². The predicted molar refractivity (Wildman–Crippen MR) is 62.4 cm³/mol. The lowest BCUT2D eigenvalue weighted by molar-refractivity contribution is 1.15. The molecule has 1 saturated carbocycles. The third kappa shape index (κ3) is 1.16. The van der Waals surface area contributed by atoms with E-state index < -0.39 is 0 Å². The van der Waals surface area contributed by atoms with Crippen LogP contribution in [0.4, 0.5) is 5.69 Å². The van der Waals surface area contributed by atoms with Gasteiger partial charge in [0.2, 0.25) is 0 Å². The van der Waals surface area contributed by atoms with E-state index >= 15 is 0 Å². The molecule has 72 valence electrons. The van der Waals surface area contributed by atoms with Crippen LogP contribution in [0.5, 0.6) is 0 Å². The molecule has 3 N–H and O–H groups in total. The second-order valence-electron chi connectivity index (χ2n) is 3.94. The molecule has 1 heterocycles. The van der Waals surface area contributed by atoms with Gasteiger partial charge in [-0.1, -0.05) is 0 Å². The second kappa shape index (κ2) is 2.76. The highest BCUT2D eigenvalue weighted by molar-refractivity contribution is 9.10. The number of H-pyrrole nitrogens is 1. The van der Waals surface area contributed by atoms with Gasteiger partial charge in [0, 0.05) is 27.3 Å². The van der Waals surface area contributed by atoms with E-state index in [1.807, 2.05) is 0 Å². The highest BCUT2D eigenvalue weighted by Gasteiger charge is 2.26. The zero-order valence-electron chi connectivity index (χ0n) is 7.68. The number of anilines is 1. The summed E-state index contributed by atoms with van der Waals surface area (Å²) < 4.78 is 0.967. The number of benzene rings is 1. The van der Waals surface area contributed by atoms with Crippen molar-refractivity contribution in [1.29, 1.82) is 0 Å². The number of nitrogens with two attached hydrogens (primary N) is 1. The summed E-state index contributed by atoms with van der Waals surface area (Å²) in [6.45, 7) is 0. The Morgan fingerprint density at radius 1 is 1.36 bits per heavy atom. The van der Waals surface area contributed by atoms with Crippen LogP contribution in [0.25, 0.3) is 10.9 Å². The largest absolute Gasteiger partial charge is 0.398 e. The summed E-state index contributed by atoms with van der Waals surface area (Å²) in [5.74, 6) is 0.768. The molecule has 0 spiro atoms. The average Bonchev–Trinajstić information content (AvgIpc) is 2.91. The van der Waals surface area contributed by atoms with E-state index in [0.717, 1.165) is 16.1 Å². The first-order valence-electron chi connectivity index (χ1n) is 4.81. The van der Waals surface area contributed by atoms with Crippen molar-refractivity contribution in [2.24, 2.45) is 0 Å². The van der Waals surface area contributed by atoms with Crippen LogP contribution in [0.2, 0.25) is 0 Å². The predicted octanol–water partition coefficient (Wildman–Crippen LogP) is 3.39. The van der Waals surface area contributed by atoms with Crippen molar-refractivity contribution in [2.45, 2.75) is 18.8 Å². The molecular formula is C11H11BrN2. The van der Waals surface area contributed by atoms with Crippen molar-refractivity contribution < 1.29 is 0 Å². The van der Waals surface area contributed by atoms with Crippen molar-refractivity contribution in [2.75, 3.05) is 5.73 Å². The first-order chi connectivity index (χ1) is 6.75. The minimum absolute atomic E-state index is 0.768. The summed E-state index contributed by atoms with van der Waals surface area (Å²) in [6.07, 6.45) is 4.76. The summed E-state index contributed by atoms with van der Waals surface area (Å²) in [5.41, 5.74) is 9.30. The molecule has 1 aliphatic carbocycles. The first kappa shape index (κ1) is 8.36. The summed E-state index contributed by atoms with van der Waals surface area (Å²) >= 11 is 3.43.